The second-order valence-corrected chi connectivity index (χ2v) is 7.97. The molecule has 1 aliphatic heterocycles. The summed E-state index contributed by atoms with van der Waals surface area (Å²) in [4.78, 5) is 28.0. The molecule has 1 aromatic heterocycles. The molecule has 1 saturated carbocycles. The summed E-state index contributed by atoms with van der Waals surface area (Å²) in [6, 6.07) is 11.5. The molecule has 2 heterocycles. The summed E-state index contributed by atoms with van der Waals surface area (Å²) in [5, 5.41) is 5.24. The van der Waals surface area contributed by atoms with E-state index in [1.165, 1.54) is 22.6 Å². The van der Waals surface area contributed by atoms with Gasteiger partial charge in [-0.3, -0.25) is 14.5 Å². The van der Waals surface area contributed by atoms with Crippen molar-refractivity contribution in [2.45, 2.75) is 31.7 Å². The van der Waals surface area contributed by atoms with Crippen LogP contribution in [0.15, 0.2) is 48.4 Å². The van der Waals surface area contributed by atoms with Gasteiger partial charge in [0, 0.05) is 21.7 Å². The smallest absolute Gasteiger partial charge is 0.259 e. The number of fused-ring (bicyclic) bond motifs is 1. The maximum atomic E-state index is 12.8. The molecule has 0 spiro atoms. The lowest BCUT2D eigenvalue weighted by atomic mass is 9.96. The number of benzene rings is 1. The monoisotopic (exact) mass is 366 g/mol. The maximum absolute atomic E-state index is 12.8. The Morgan fingerprint density at radius 2 is 1.92 bits per heavy atom. The summed E-state index contributed by atoms with van der Waals surface area (Å²) < 4.78 is 0. The number of hydrogen-bond acceptors (Lipinski definition) is 3. The molecule has 2 aromatic rings. The number of amides is 2. The predicted molar refractivity (Wildman–Crippen MR) is 104 cm³/mol. The van der Waals surface area contributed by atoms with E-state index in [1.54, 1.807) is 17.4 Å². The molecule has 134 valence electrons. The van der Waals surface area contributed by atoms with Crippen LogP contribution in [0.3, 0.4) is 0 Å². The zero-order chi connectivity index (χ0) is 18.1. The van der Waals surface area contributed by atoms with Gasteiger partial charge in [-0.1, -0.05) is 43.7 Å². The van der Waals surface area contributed by atoms with Crippen molar-refractivity contribution in [3.63, 3.8) is 0 Å². The Labute approximate surface area is 157 Å². The van der Waals surface area contributed by atoms with Crippen LogP contribution in [0, 0.1) is 5.92 Å². The van der Waals surface area contributed by atoms with Gasteiger partial charge in [0.2, 0.25) is 5.91 Å². The first-order valence-corrected chi connectivity index (χ1v) is 9.96. The second kappa shape index (κ2) is 7.08. The number of rotatable bonds is 5. The minimum Gasteiger partial charge on any atom is -0.347 e. The van der Waals surface area contributed by atoms with Crippen LogP contribution < -0.4 is 5.32 Å². The third kappa shape index (κ3) is 3.07. The first-order chi connectivity index (χ1) is 12.6. The quantitative estimate of drug-likeness (QED) is 0.861. The van der Waals surface area contributed by atoms with Crippen molar-refractivity contribution in [2.24, 2.45) is 5.92 Å². The van der Waals surface area contributed by atoms with Gasteiger partial charge >= 0.3 is 0 Å². The summed E-state index contributed by atoms with van der Waals surface area (Å²) >= 11 is 1.68. The fourth-order valence-electron chi connectivity index (χ4n) is 4.04. The Morgan fingerprint density at radius 3 is 2.58 bits per heavy atom. The molecule has 1 aliphatic carbocycles. The van der Waals surface area contributed by atoms with E-state index in [2.05, 4.69) is 18.0 Å². The van der Waals surface area contributed by atoms with Crippen LogP contribution in [0.4, 0.5) is 0 Å². The highest BCUT2D eigenvalue weighted by Crippen LogP contribution is 2.37. The summed E-state index contributed by atoms with van der Waals surface area (Å²) in [6.45, 7) is 4.03. The van der Waals surface area contributed by atoms with Crippen LogP contribution in [-0.4, -0.2) is 23.3 Å². The number of nitrogens with one attached hydrogen (secondary N) is 1. The molecule has 1 aromatic carbocycles. The number of hydrogen-bond donors (Lipinski definition) is 1. The van der Waals surface area contributed by atoms with Gasteiger partial charge in [0.15, 0.2) is 0 Å². The Morgan fingerprint density at radius 1 is 1.19 bits per heavy atom. The van der Waals surface area contributed by atoms with E-state index in [9.17, 15) is 9.59 Å². The van der Waals surface area contributed by atoms with E-state index in [0.29, 0.717) is 17.2 Å². The lowest BCUT2D eigenvalue weighted by molar-refractivity contribution is -0.122. The average Bonchev–Trinajstić information content (AvgIpc) is 3.40. The average molecular weight is 366 g/mol. The Hall–Kier alpha value is -2.40. The van der Waals surface area contributed by atoms with Crippen LogP contribution in [-0.2, 0) is 4.79 Å². The molecule has 2 amide bonds. The molecule has 0 radical (unpaired) electrons. The van der Waals surface area contributed by atoms with Crippen molar-refractivity contribution in [3.8, 4) is 0 Å². The van der Waals surface area contributed by atoms with Crippen LogP contribution in [0.5, 0.6) is 0 Å². The standard InChI is InChI=1S/C21H22N2O2S/c1-14-16-9-4-5-10-17(16)21(25)23(14)13-19(24)22-20(15-7-2-3-8-15)18-11-6-12-26-18/h4-6,9-12,15,20H,1-3,7-8,13H2,(H,22,24)/t20-/m0/s1. The first-order valence-electron chi connectivity index (χ1n) is 9.08. The van der Waals surface area contributed by atoms with E-state index < -0.39 is 0 Å². The van der Waals surface area contributed by atoms with Gasteiger partial charge in [0.25, 0.3) is 5.91 Å². The predicted octanol–water partition coefficient (Wildman–Crippen LogP) is 4.22. The van der Waals surface area contributed by atoms with Crippen LogP contribution in [0.1, 0.15) is 52.5 Å². The van der Waals surface area contributed by atoms with Gasteiger partial charge in [-0.25, -0.2) is 0 Å². The Balaban J connectivity index is 1.48. The SMILES string of the molecule is C=C1c2ccccc2C(=O)N1CC(=O)N[C@H](c1cccs1)C1CCCC1. The van der Waals surface area contributed by atoms with Gasteiger partial charge in [0.05, 0.1) is 6.04 Å². The molecule has 2 aliphatic rings. The molecule has 0 unspecified atom stereocenters. The van der Waals surface area contributed by atoms with Crippen molar-refractivity contribution in [2.75, 3.05) is 6.54 Å². The van der Waals surface area contributed by atoms with Gasteiger partial charge in [0.1, 0.15) is 6.54 Å². The van der Waals surface area contributed by atoms with Gasteiger partial charge in [-0.15, -0.1) is 11.3 Å². The van der Waals surface area contributed by atoms with E-state index in [4.69, 9.17) is 0 Å². The summed E-state index contributed by atoms with van der Waals surface area (Å²) in [6.07, 6.45) is 4.73. The first kappa shape index (κ1) is 17.0. The summed E-state index contributed by atoms with van der Waals surface area (Å²) in [5.74, 6) is 0.208. The van der Waals surface area contributed by atoms with Crippen molar-refractivity contribution in [1.29, 1.82) is 0 Å². The van der Waals surface area contributed by atoms with Crippen LogP contribution >= 0.6 is 11.3 Å². The maximum Gasteiger partial charge on any atom is 0.259 e. The van der Waals surface area contributed by atoms with Crippen molar-refractivity contribution >= 4 is 28.8 Å². The van der Waals surface area contributed by atoms with E-state index in [-0.39, 0.29) is 24.4 Å². The zero-order valence-corrected chi connectivity index (χ0v) is 15.4. The summed E-state index contributed by atoms with van der Waals surface area (Å²) in [7, 11) is 0. The van der Waals surface area contributed by atoms with E-state index in [1.807, 2.05) is 29.6 Å². The third-order valence-electron chi connectivity index (χ3n) is 5.38. The fourth-order valence-corrected chi connectivity index (χ4v) is 4.91. The molecule has 0 bridgehead atoms. The Kier molecular flexibility index (Phi) is 4.64. The Bertz CT molecular complexity index is 802. The molecule has 0 saturated heterocycles. The van der Waals surface area contributed by atoms with Gasteiger partial charge in [-0.2, -0.15) is 0 Å². The van der Waals surface area contributed by atoms with Crippen molar-refractivity contribution < 1.29 is 9.59 Å². The molecule has 26 heavy (non-hydrogen) atoms. The molecular formula is C21H22N2O2S. The highest BCUT2D eigenvalue weighted by molar-refractivity contribution is 7.10. The van der Waals surface area contributed by atoms with Crippen molar-refractivity contribution in [1.82, 2.24) is 10.2 Å². The molecule has 5 heteroatoms. The minimum atomic E-state index is -0.144. The van der Waals surface area contributed by atoms with E-state index in [0.717, 1.165) is 18.4 Å². The van der Waals surface area contributed by atoms with E-state index >= 15 is 0 Å². The van der Waals surface area contributed by atoms with Gasteiger partial charge < -0.3 is 5.32 Å². The normalized spacial score (nSPS) is 18.2. The fraction of sp³-hybridized carbons (Fsp3) is 0.333. The summed E-state index contributed by atoms with van der Waals surface area (Å²) in [5.41, 5.74) is 2.04. The molecule has 4 rings (SSSR count). The number of carbonyl (C=O) groups excluding carboxylic acids is 2. The zero-order valence-electron chi connectivity index (χ0n) is 14.6. The largest absolute Gasteiger partial charge is 0.347 e. The highest BCUT2D eigenvalue weighted by atomic mass is 32.1. The van der Waals surface area contributed by atoms with Crippen molar-refractivity contribution in [3.05, 3.63) is 64.4 Å². The highest BCUT2D eigenvalue weighted by Gasteiger charge is 2.33. The third-order valence-corrected chi connectivity index (χ3v) is 6.33. The number of thiophene rings is 1. The van der Waals surface area contributed by atoms with Crippen LogP contribution in [0.2, 0.25) is 0 Å². The minimum absolute atomic E-state index is 0.0148. The number of carbonyl (C=O) groups is 2. The molecule has 1 fully saturated rings. The molecular weight excluding hydrogens is 344 g/mol. The molecule has 4 nitrogen and oxygen atoms in total. The molecule has 1 N–H and O–H groups in total. The molecule has 1 atom stereocenters. The lowest BCUT2D eigenvalue weighted by Crippen LogP contribution is -2.40. The topological polar surface area (TPSA) is 49.4 Å². The van der Waals surface area contributed by atoms with Gasteiger partial charge in [-0.05, 0) is 36.3 Å². The second-order valence-electron chi connectivity index (χ2n) is 6.99. The number of nitrogens with zero attached hydrogens (tertiary/aromatic N) is 1. The lowest BCUT2D eigenvalue weighted by Gasteiger charge is -2.25. The van der Waals surface area contributed by atoms with Crippen LogP contribution in [0.25, 0.3) is 5.70 Å².